The fourth-order valence-electron chi connectivity index (χ4n) is 4.84. The van der Waals surface area contributed by atoms with Crippen molar-refractivity contribution in [2.75, 3.05) is 66.1 Å². The van der Waals surface area contributed by atoms with Crippen LogP contribution in [0.3, 0.4) is 0 Å². The predicted molar refractivity (Wildman–Crippen MR) is 109 cm³/mol. The minimum Gasteiger partial charge on any atom is -0.381 e. The van der Waals surface area contributed by atoms with Crippen molar-refractivity contribution in [3.63, 3.8) is 0 Å². The highest BCUT2D eigenvalue weighted by Crippen LogP contribution is 2.33. The molecule has 0 aromatic carbocycles. The molecule has 1 aromatic rings. The topological polar surface area (TPSA) is 63.1 Å². The monoisotopic (exact) mass is 405 g/mol. The van der Waals surface area contributed by atoms with Crippen LogP contribution in [0, 0.1) is 5.92 Å². The van der Waals surface area contributed by atoms with Crippen LogP contribution in [0.5, 0.6) is 0 Å². The van der Waals surface area contributed by atoms with Crippen molar-refractivity contribution in [1.29, 1.82) is 0 Å². The molecule has 0 unspecified atom stereocenters. The number of aromatic nitrogens is 2. The molecule has 4 heterocycles. The van der Waals surface area contributed by atoms with Crippen LogP contribution in [0.4, 0.5) is 0 Å². The average Bonchev–Trinajstić information content (AvgIpc) is 3.06. The molecule has 1 amide bonds. The molecule has 3 aliphatic heterocycles. The number of hydrogen-bond donors (Lipinski definition) is 0. The van der Waals surface area contributed by atoms with Crippen LogP contribution in [0.15, 0.2) is 12.4 Å². The van der Waals surface area contributed by atoms with Crippen LogP contribution in [0.2, 0.25) is 0 Å². The SMILES string of the molecule is CN1CCCN(C[C@@H]2OCCN(C(=O)C3CCOCC3)[C@H]2c2cnn(C)c2)CC1. The van der Waals surface area contributed by atoms with Crippen molar-refractivity contribution in [2.24, 2.45) is 13.0 Å². The molecule has 0 bridgehead atoms. The maximum atomic E-state index is 13.4. The second-order valence-electron chi connectivity index (χ2n) is 8.68. The maximum absolute atomic E-state index is 13.4. The van der Waals surface area contributed by atoms with Gasteiger partial charge in [-0.05, 0) is 39.4 Å². The summed E-state index contributed by atoms with van der Waals surface area (Å²) in [6, 6.07) is -0.0752. The van der Waals surface area contributed by atoms with E-state index < -0.39 is 0 Å². The Kier molecular flexibility index (Phi) is 6.85. The lowest BCUT2D eigenvalue weighted by Crippen LogP contribution is -2.53. The van der Waals surface area contributed by atoms with Gasteiger partial charge in [-0.1, -0.05) is 0 Å². The first-order valence-electron chi connectivity index (χ1n) is 11.0. The third kappa shape index (κ3) is 4.99. The zero-order valence-electron chi connectivity index (χ0n) is 17.8. The van der Waals surface area contributed by atoms with Crippen molar-refractivity contribution in [3.05, 3.63) is 18.0 Å². The molecule has 0 aliphatic carbocycles. The van der Waals surface area contributed by atoms with E-state index >= 15 is 0 Å². The Morgan fingerprint density at radius 2 is 1.93 bits per heavy atom. The predicted octanol–water partition coefficient (Wildman–Crippen LogP) is 0.753. The molecule has 3 saturated heterocycles. The van der Waals surface area contributed by atoms with Gasteiger partial charge in [0.15, 0.2) is 0 Å². The normalized spacial score (nSPS) is 28.4. The summed E-state index contributed by atoms with van der Waals surface area (Å²) in [6.45, 7) is 7.81. The third-order valence-electron chi connectivity index (χ3n) is 6.52. The van der Waals surface area contributed by atoms with Crippen LogP contribution in [-0.4, -0.2) is 103 Å². The molecule has 2 atom stereocenters. The Labute approximate surface area is 173 Å². The molecule has 4 rings (SSSR count). The number of morpholine rings is 1. The molecule has 1 aromatic heterocycles. The summed E-state index contributed by atoms with van der Waals surface area (Å²) in [5.41, 5.74) is 1.07. The van der Waals surface area contributed by atoms with Crippen LogP contribution in [0.25, 0.3) is 0 Å². The Morgan fingerprint density at radius 1 is 1.10 bits per heavy atom. The Morgan fingerprint density at radius 3 is 2.69 bits per heavy atom. The van der Waals surface area contributed by atoms with E-state index in [1.165, 1.54) is 6.42 Å². The summed E-state index contributed by atoms with van der Waals surface area (Å²) in [4.78, 5) is 20.4. The van der Waals surface area contributed by atoms with Gasteiger partial charge in [0, 0.05) is 64.1 Å². The number of rotatable bonds is 4. The second kappa shape index (κ2) is 9.55. The van der Waals surface area contributed by atoms with Crippen molar-refractivity contribution in [2.45, 2.75) is 31.4 Å². The summed E-state index contributed by atoms with van der Waals surface area (Å²) in [5, 5.41) is 4.39. The first-order valence-corrected chi connectivity index (χ1v) is 11.0. The van der Waals surface area contributed by atoms with Crippen LogP contribution in [-0.2, 0) is 21.3 Å². The van der Waals surface area contributed by atoms with Crippen LogP contribution in [0.1, 0.15) is 30.9 Å². The van der Waals surface area contributed by atoms with Gasteiger partial charge in [0.2, 0.25) is 5.91 Å². The van der Waals surface area contributed by atoms with E-state index in [2.05, 4.69) is 26.8 Å². The van der Waals surface area contributed by atoms with Gasteiger partial charge in [-0.25, -0.2) is 0 Å². The van der Waals surface area contributed by atoms with E-state index in [0.29, 0.717) is 26.4 Å². The Bertz CT molecular complexity index is 675. The summed E-state index contributed by atoms with van der Waals surface area (Å²) in [7, 11) is 4.12. The van der Waals surface area contributed by atoms with Crippen molar-refractivity contribution >= 4 is 5.91 Å². The van der Waals surface area contributed by atoms with Gasteiger partial charge in [-0.15, -0.1) is 0 Å². The van der Waals surface area contributed by atoms with E-state index in [0.717, 1.165) is 51.1 Å². The number of hydrogen-bond acceptors (Lipinski definition) is 6. The molecule has 8 nitrogen and oxygen atoms in total. The smallest absolute Gasteiger partial charge is 0.226 e. The molecule has 162 valence electrons. The van der Waals surface area contributed by atoms with E-state index in [1.54, 1.807) is 0 Å². The molecule has 29 heavy (non-hydrogen) atoms. The molecule has 0 spiro atoms. The molecular weight excluding hydrogens is 370 g/mol. The van der Waals surface area contributed by atoms with Gasteiger partial charge in [-0.3, -0.25) is 14.4 Å². The number of carbonyl (C=O) groups excluding carboxylic acids is 1. The summed E-state index contributed by atoms with van der Waals surface area (Å²) >= 11 is 0. The highest BCUT2D eigenvalue weighted by atomic mass is 16.5. The number of nitrogens with zero attached hydrogens (tertiary/aromatic N) is 5. The first kappa shape index (κ1) is 20.8. The summed E-state index contributed by atoms with van der Waals surface area (Å²) < 4.78 is 13.6. The molecule has 8 heteroatoms. The van der Waals surface area contributed by atoms with E-state index in [9.17, 15) is 4.79 Å². The lowest BCUT2D eigenvalue weighted by Gasteiger charge is -2.44. The highest BCUT2D eigenvalue weighted by Gasteiger charge is 2.40. The number of ether oxygens (including phenoxy) is 2. The van der Waals surface area contributed by atoms with Crippen molar-refractivity contribution < 1.29 is 14.3 Å². The number of carbonyl (C=O) groups is 1. The van der Waals surface area contributed by atoms with Gasteiger partial charge in [0.05, 0.1) is 24.9 Å². The van der Waals surface area contributed by atoms with Gasteiger partial charge >= 0.3 is 0 Å². The molecule has 0 saturated carbocycles. The standard InChI is InChI=1S/C21H35N5O3/c1-23-6-3-7-25(9-8-23)16-19-20(18-14-22-24(2)15-18)26(10-13-29-19)21(27)17-4-11-28-12-5-17/h14-15,17,19-20H,3-13,16H2,1-2H3/t19-,20-/m0/s1. The fourth-order valence-corrected chi connectivity index (χ4v) is 4.84. The first-order chi connectivity index (χ1) is 14.1. The van der Waals surface area contributed by atoms with Crippen molar-refractivity contribution in [3.8, 4) is 0 Å². The quantitative estimate of drug-likeness (QED) is 0.737. The number of amides is 1. The average molecular weight is 406 g/mol. The lowest BCUT2D eigenvalue weighted by atomic mass is 9.94. The highest BCUT2D eigenvalue weighted by molar-refractivity contribution is 5.79. The molecule has 0 radical (unpaired) electrons. The van der Waals surface area contributed by atoms with Crippen LogP contribution < -0.4 is 0 Å². The minimum atomic E-state index is -0.0752. The molecular formula is C21H35N5O3. The molecule has 3 aliphatic rings. The van der Waals surface area contributed by atoms with E-state index in [1.807, 2.05) is 24.1 Å². The lowest BCUT2D eigenvalue weighted by molar-refractivity contribution is -0.155. The summed E-state index contributed by atoms with van der Waals surface area (Å²) in [6.07, 6.45) is 6.71. The van der Waals surface area contributed by atoms with Gasteiger partial charge in [-0.2, -0.15) is 5.10 Å². The largest absolute Gasteiger partial charge is 0.381 e. The Balaban J connectivity index is 1.53. The fraction of sp³-hybridized carbons (Fsp3) is 0.810. The third-order valence-corrected chi connectivity index (χ3v) is 6.52. The molecule has 0 N–H and O–H groups in total. The summed E-state index contributed by atoms with van der Waals surface area (Å²) in [5.74, 6) is 0.319. The van der Waals surface area contributed by atoms with E-state index in [-0.39, 0.29) is 24.0 Å². The minimum absolute atomic E-state index is 0.0276. The zero-order chi connectivity index (χ0) is 20.2. The number of aryl methyl sites for hydroxylation is 1. The van der Waals surface area contributed by atoms with Gasteiger partial charge < -0.3 is 19.3 Å². The molecule has 3 fully saturated rings. The number of likely N-dealkylation sites (N-methyl/N-ethyl adjacent to an activating group) is 1. The van der Waals surface area contributed by atoms with Gasteiger partial charge in [0.1, 0.15) is 0 Å². The second-order valence-corrected chi connectivity index (χ2v) is 8.68. The van der Waals surface area contributed by atoms with Crippen molar-refractivity contribution in [1.82, 2.24) is 24.5 Å². The van der Waals surface area contributed by atoms with Crippen LogP contribution >= 0.6 is 0 Å². The van der Waals surface area contributed by atoms with Gasteiger partial charge in [0.25, 0.3) is 0 Å². The maximum Gasteiger partial charge on any atom is 0.226 e. The Hall–Kier alpha value is -1.48. The zero-order valence-corrected chi connectivity index (χ0v) is 17.8. The van der Waals surface area contributed by atoms with E-state index in [4.69, 9.17) is 9.47 Å².